The zero-order valence-electron chi connectivity index (χ0n) is 8.75. The molecule has 1 atom stereocenters. The molecule has 1 rings (SSSR count). The first-order chi connectivity index (χ1) is 6.74. The van der Waals surface area contributed by atoms with Crippen LogP contribution in [-0.4, -0.2) is 4.98 Å². The van der Waals surface area contributed by atoms with Crippen LogP contribution in [0.25, 0.3) is 0 Å². The number of aromatic nitrogens is 1. The van der Waals surface area contributed by atoms with Crippen LogP contribution in [0, 0.1) is 18.8 Å². The summed E-state index contributed by atoms with van der Waals surface area (Å²) in [5.41, 5.74) is 7.95. The summed E-state index contributed by atoms with van der Waals surface area (Å²) in [5, 5.41) is 0. The molecule has 14 heavy (non-hydrogen) atoms. The lowest BCUT2D eigenvalue weighted by Crippen LogP contribution is -2.11. The van der Waals surface area contributed by atoms with Crippen molar-refractivity contribution in [3.63, 3.8) is 0 Å². The van der Waals surface area contributed by atoms with Crippen molar-refractivity contribution in [2.24, 2.45) is 5.73 Å². The van der Waals surface area contributed by atoms with Gasteiger partial charge in [0.05, 0.1) is 5.69 Å². The molecule has 0 saturated carbocycles. The standard InChI is InChI=1S/C12H16N2/c1-3-4-5-8-11(13)12-9-6-7-10(2)14-12/h6-7,9,11H,5,8,13H2,1-2H3. The lowest BCUT2D eigenvalue weighted by molar-refractivity contribution is 0.646. The molecule has 0 aliphatic rings. The highest BCUT2D eigenvalue weighted by Gasteiger charge is 2.05. The van der Waals surface area contributed by atoms with Crippen LogP contribution in [0.3, 0.4) is 0 Å². The number of rotatable bonds is 3. The van der Waals surface area contributed by atoms with Crippen molar-refractivity contribution < 1.29 is 0 Å². The van der Waals surface area contributed by atoms with Gasteiger partial charge in [-0.2, -0.15) is 0 Å². The molecule has 0 aliphatic carbocycles. The van der Waals surface area contributed by atoms with E-state index in [1.807, 2.05) is 32.0 Å². The Labute approximate surface area is 85.5 Å². The van der Waals surface area contributed by atoms with Gasteiger partial charge in [-0.1, -0.05) is 6.07 Å². The molecule has 1 unspecified atom stereocenters. The van der Waals surface area contributed by atoms with Gasteiger partial charge in [-0.15, -0.1) is 11.8 Å². The van der Waals surface area contributed by atoms with Gasteiger partial charge in [-0.3, -0.25) is 4.98 Å². The molecule has 0 amide bonds. The Morgan fingerprint density at radius 2 is 2.29 bits per heavy atom. The second-order valence-electron chi connectivity index (χ2n) is 3.28. The Hall–Kier alpha value is -1.33. The minimum Gasteiger partial charge on any atom is -0.323 e. The molecule has 0 saturated heterocycles. The zero-order chi connectivity index (χ0) is 10.4. The van der Waals surface area contributed by atoms with Gasteiger partial charge < -0.3 is 5.73 Å². The molecule has 74 valence electrons. The summed E-state index contributed by atoms with van der Waals surface area (Å²) in [6, 6.07) is 5.94. The SMILES string of the molecule is CC#CCCC(N)c1cccc(C)n1. The van der Waals surface area contributed by atoms with Crippen LogP contribution < -0.4 is 5.73 Å². The number of aryl methyl sites for hydroxylation is 1. The first-order valence-electron chi connectivity index (χ1n) is 4.83. The van der Waals surface area contributed by atoms with E-state index in [9.17, 15) is 0 Å². The fraction of sp³-hybridized carbons (Fsp3) is 0.417. The van der Waals surface area contributed by atoms with E-state index in [0.717, 1.165) is 24.2 Å². The van der Waals surface area contributed by atoms with Crippen molar-refractivity contribution in [1.82, 2.24) is 4.98 Å². The van der Waals surface area contributed by atoms with Crippen molar-refractivity contribution in [1.29, 1.82) is 0 Å². The minimum atomic E-state index is 0.00995. The van der Waals surface area contributed by atoms with Crippen LogP contribution in [0.5, 0.6) is 0 Å². The smallest absolute Gasteiger partial charge is 0.0574 e. The quantitative estimate of drug-likeness (QED) is 0.738. The Morgan fingerprint density at radius 1 is 1.50 bits per heavy atom. The van der Waals surface area contributed by atoms with Crippen molar-refractivity contribution in [2.75, 3.05) is 0 Å². The molecular weight excluding hydrogens is 172 g/mol. The topological polar surface area (TPSA) is 38.9 Å². The summed E-state index contributed by atoms with van der Waals surface area (Å²) in [6.07, 6.45) is 1.71. The summed E-state index contributed by atoms with van der Waals surface area (Å²) in [4.78, 5) is 4.38. The van der Waals surface area contributed by atoms with Gasteiger partial charge in [0, 0.05) is 18.2 Å². The third kappa shape index (κ3) is 3.20. The number of hydrogen-bond donors (Lipinski definition) is 1. The average molecular weight is 188 g/mol. The third-order valence-electron chi connectivity index (χ3n) is 2.05. The summed E-state index contributed by atoms with van der Waals surface area (Å²) >= 11 is 0. The summed E-state index contributed by atoms with van der Waals surface area (Å²) in [5.74, 6) is 5.87. The molecule has 1 aromatic rings. The molecule has 0 spiro atoms. The maximum absolute atomic E-state index is 5.97. The van der Waals surface area contributed by atoms with Gasteiger partial charge in [-0.05, 0) is 32.4 Å². The van der Waals surface area contributed by atoms with Gasteiger partial charge >= 0.3 is 0 Å². The molecule has 0 fully saturated rings. The van der Waals surface area contributed by atoms with Gasteiger partial charge in [0.1, 0.15) is 0 Å². The normalized spacial score (nSPS) is 11.6. The van der Waals surface area contributed by atoms with Crippen LogP contribution in [0.1, 0.15) is 37.2 Å². The van der Waals surface area contributed by atoms with E-state index in [1.165, 1.54) is 0 Å². The molecule has 0 radical (unpaired) electrons. The van der Waals surface area contributed by atoms with Crippen LogP contribution in [0.4, 0.5) is 0 Å². The monoisotopic (exact) mass is 188 g/mol. The Morgan fingerprint density at radius 3 is 2.93 bits per heavy atom. The van der Waals surface area contributed by atoms with E-state index in [0.29, 0.717) is 0 Å². The number of hydrogen-bond acceptors (Lipinski definition) is 2. The molecule has 0 aliphatic heterocycles. The highest BCUT2D eigenvalue weighted by Crippen LogP contribution is 2.12. The van der Waals surface area contributed by atoms with Crippen LogP contribution in [-0.2, 0) is 0 Å². The van der Waals surface area contributed by atoms with E-state index in [1.54, 1.807) is 0 Å². The lowest BCUT2D eigenvalue weighted by Gasteiger charge is -2.09. The van der Waals surface area contributed by atoms with Crippen LogP contribution >= 0.6 is 0 Å². The predicted molar refractivity (Wildman–Crippen MR) is 58.6 cm³/mol. The highest BCUT2D eigenvalue weighted by atomic mass is 14.8. The number of nitrogens with two attached hydrogens (primary N) is 1. The summed E-state index contributed by atoms with van der Waals surface area (Å²) < 4.78 is 0. The van der Waals surface area contributed by atoms with Gasteiger partial charge in [0.15, 0.2) is 0 Å². The Bertz CT molecular complexity index is 347. The number of pyridine rings is 1. The molecule has 2 nitrogen and oxygen atoms in total. The van der Waals surface area contributed by atoms with E-state index in [2.05, 4.69) is 16.8 Å². The van der Waals surface area contributed by atoms with Crippen LogP contribution in [0.2, 0.25) is 0 Å². The first kappa shape index (κ1) is 10.7. The maximum Gasteiger partial charge on any atom is 0.0574 e. The average Bonchev–Trinajstić information content (AvgIpc) is 2.18. The lowest BCUT2D eigenvalue weighted by atomic mass is 10.1. The molecule has 2 heteroatoms. The van der Waals surface area contributed by atoms with Crippen molar-refractivity contribution in [2.45, 2.75) is 32.7 Å². The first-order valence-corrected chi connectivity index (χ1v) is 4.83. The molecule has 2 N–H and O–H groups in total. The van der Waals surface area contributed by atoms with Gasteiger partial charge in [0.2, 0.25) is 0 Å². The zero-order valence-corrected chi connectivity index (χ0v) is 8.75. The molecule has 1 aromatic heterocycles. The highest BCUT2D eigenvalue weighted by molar-refractivity contribution is 5.13. The second-order valence-corrected chi connectivity index (χ2v) is 3.28. The van der Waals surface area contributed by atoms with E-state index < -0.39 is 0 Å². The minimum absolute atomic E-state index is 0.00995. The fourth-order valence-corrected chi connectivity index (χ4v) is 1.27. The maximum atomic E-state index is 5.97. The molecular formula is C12H16N2. The molecule has 0 aromatic carbocycles. The number of nitrogens with zero attached hydrogens (tertiary/aromatic N) is 1. The predicted octanol–water partition coefficient (Wildman–Crippen LogP) is 2.19. The second kappa shape index (κ2) is 5.41. The largest absolute Gasteiger partial charge is 0.323 e. The van der Waals surface area contributed by atoms with E-state index >= 15 is 0 Å². The van der Waals surface area contributed by atoms with Crippen LogP contribution in [0.15, 0.2) is 18.2 Å². The third-order valence-corrected chi connectivity index (χ3v) is 2.05. The van der Waals surface area contributed by atoms with E-state index in [4.69, 9.17) is 5.73 Å². The van der Waals surface area contributed by atoms with E-state index in [-0.39, 0.29) is 6.04 Å². The fourth-order valence-electron chi connectivity index (χ4n) is 1.27. The van der Waals surface area contributed by atoms with Gasteiger partial charge in [0.25, 0.3) is 0 Å². The van der Waals surface area contributed by atoms with Crippen molar-refractivity contribution >= 4 is 0 Å². The Kier molecular flexibility index (Phi) is 4.15. The molecule has 0 bridgehead atoms. The summed E-state index contributed by atoms with van der Waals surface area (Å²) in [6.45, 7) is 3.82. The van der Waals surface area contributed by atoms with Crippen molar-refractivity contribution in [3.05, 3.63) is 29.6 Å². The Balaban J connectivity index is 2.58. The summed E-state index contributed by atoms with van der Waals surface area (Å²) in [7, 11) is 0. The van der Waals surface area contributed by atoms with Crippen molar-refractivity contribution in [3.8, 4) is 11.8 Å². The molecule has 1 heterocycles. The van der Waals surface area contributed by atoms with Gasteiger partial charge in [-0.25, -0.2) is 0 Å².